The minimum absolute atomic E-state index is 0.163. The summed E-state index contributed by atoms with van der Waals surface area (Å²) in [4.78, 5) is 6.93. The molecule has 0 bridgehead atoms. The van der Waals surface area contributed by atoms with E-state index < -0.39 is 0 Å². The molecule has 1 aromatic rings. The number of pyridine rings is 1. The topological polar surface area (TPSA) is 17.2 Å². The van der Waals surface area contributed by atoms with Gasteiger partial charge >= 0.3 is 0 Å². The van der Waals surface area contributed by atoms with Gasteiger partial charge in [0.1, 0.15) is 10.3 Å². The Morgan fingerprint density at radius 3 is 2.64 bits per heavy atom. The van der Waals surface area contributed by atoms with Crippen LogP contribution < -0.4 is 0 Å². The lowest BCUT2D eigenvalue weighted by molar-refractivity contribution is 1.28. The maximum atomic E-state index is 6.71. The van der Waals surface area contributed by atoms with E-state index in [-0.39, 0.29) is 5.15 Å². The van der Waals surface area contributed by atoms with Crippen LogP contribution in [0.15, 0.2) is 6.07 Å². The maximum Gasteiger partial charge on any atom is 0.224 e. The highest BCUT2D eigenvalue weighted by Crippen LogP contribution is 2.26. The Morgan fingerprint density at radius 1 is 1.45 bits per heavy atom. The van der Waals surface area contributed by atoms with Crippen LogP contribution >= 0.6 is 23.2 Å². The van der Waals surface area contributed by atoms with Crippen molar-refractivity contribution in [3.8, 4) is 0 Å². The molecule has 0 N–H and O–H groups in total. The lowest BCUT2D eigenvalue weighted by Gasteiger charge is -1.98. The summed E-state index contributed by atoms with van der Waals surface area (Å²) in [6, 6.07) is 1.62. The first-order chi connectivity index (χ1) is 5.15. The van der Waals surface area contributed by atoms with E-state index in [1.807, 2.05) is 0 Å². The smallest absolute Gasteiger partial charge is 0.224 e. The van der Waals surface area contributed by atoms with Crippen molar-refractivity contribution in [3.63, 3.8) is 0 Å². The van der Waals surface area contributed by atoms with Crippen molar-refractivity contribution in [2.75, 3.05) is 0 Å². The quantitative estimate of drug-likeness (QED) is 0.450. The van der Waals surface area contributed by atoms with Crippen LogP contribution in [0.25, 0.3) is 4.85 Å². The number of rotatable bonds is 0. The Balaban J connectivity index is 3.35. The van der Waals surface area contributed by atoms with Crippen molar-refractivity contribution in [1.29, 1.82) is 0 Å². The van der Waals surface area contributed by atoms with Gasteiger partial charge in [-0.05, 0) is 18.6 Å². The number of nitrogens with zero attached hydrogens (tertiary/aromatic N) is 2. The Bertz CT molecular complexity index is 328. The second-order valence-corrected chi connectivity index (χ2v) is 2.73. The molecule has 0 aliphatic heterocycles. The molecule has 0 spiro atoms. The molecule has 2 nitrogen and oxygen atoms in total. The largest absolute Gasteiger partial charge is 0.236 e. The number of hydrogen-bond donors (Lipinski definition) is 0. The highest BCUT2D eigenvalue weighted by molar-refractivity contribution is 6.34. The van der Waals surface area contributed by atoms with E-state index in [1.54, 1.807) is 13.0 Å². The van der Waals surface area contributed by atoms with Gasteiger partial charge < -0.3 is 0 Å². The summed E-state index contributed by atoms with van der Waals surface area (Å²) < 4.78 is 0. The summed E-state index contributed by atoms with van der Waals surface area (Å²) in [5.41, 5.74) is 1.11. The predicted octanol–water partition coefficient (Wildman–Crippen LogP) is 3.25. The molecule has 11 heavy (non-hydrogen) atoms. The summed E-state index contributed by atoms with van der Waals surface area (Å²) in [5, 5.41) is 0.512. The van der Waals surface area contributed by atoms with Crippen molar-refractivity contribution >= 4 is 28.9 Å². The number of aromatic nitrogens is 1. The van der Waals surface area contributed by atoms with E-state index >= 15 is 0 Å². The van der Waals surface area contributed by atoms with Crippen LogP contribution in [0.1, 0.15) is 5.56 Å². The molecule has 0 aromatic carbocycles. The van der Waals surface area contributed by atoms with Crippen molar-refractivity contribution in [3.05, 3.63) is 33.4 Å². The van der Waals surface area contributed by atoms with Crippen molar-refractivity contribution in [1.82, 2.24) is 4.98 Å². The molecule has 1 rings (SSSR count). The Kier molecular flexibility index (Phi) is 2.33. The molecule has 0 amide bonds. The van der Waals surface area contributed by atoms with E-state index in [0.29, 0.717) is 10.8 Å². The summed E-state index contributed by atoms with van der Waals surface area (Å²) in [6.45, 7) is 8.49. The highest BCUT2D eigenvalue weighted by atomic mass is 35.5. The second-order valence-electron chi connectivity index (χ2n) is 2.02. The highest BCUT2D eigenvalue weighted by Gasteiger charge is 2.04. The molecule has 0 saturated heterocycles. The van der Waals surface area contributed by atoms with Crippen LogP contribution in [0.2, 0.25) is 10.3 Å². The second kappa shape index (κ2) is 3.08. The predicted molar refractivity (Wildman–Crippen MR) is 45.3 cm³/mol. The number of hydrogen-bond acceptors (Lipinski definition) is 1. The zero-order valence-electron chi connectivity index (χ0n) is 5.73. The summed E-state index contributed by atoms with van der Waals surface area (Å²) in [7, 11) is 0. The van der Waals surface area contributed by atoms with Crippen molar-refractivity contribution in [2.24, 2.45) is 0 Å². The normalized spacial score (nSPS) is 9.27. The van der Waals surface area contributed by atoms with Gasteiger partial charge in [-0.3, -0.25) is 0 Å². The molecule has 1 heterocycles. The molecule has 1 aromatic heterocycles. The third-order valence-electron chi connectivity index (χ3n) is 1.21. The summed E-state index contributed by atoms with van der Waals surface area (Å²) in [6.07, 6.45) is 0. The molecule has 0 fully saturated rings. The molecule has 0 aliphatic rings. The van der Waals surface area contributed by atoms with Gasteiger partial charge in [-0.25, -0.2) is 9.83 Å². The van der Waals surface area contributed by atoms with Crippen LogP contribution in [0.5, 0.6) is 0 Å². The lowest BCUT2D eigenvalue weighted by atomic mass is 10.3. The summed E-state index contributed by atoms with van der Waals surface area (Å²) >= 11 is 11.2. The number of halogens is 2. The summed E-state index contributed by atoms with van der Waals surface area (Å²) in [5.74, 6) is 0. The van der Waals surface area contributed by atoms with E-state index in [4.69, 9.17) is 29.8 Å². The molecule has 4 heteroatoms. The van der Waals surface area contributed by atoms with Crippen LogP contribution in [-0.2, 0) is 0 Å². The molecule has 0 aliphatic carbocycles. The van der Waals surface area contributed by atoms with Gasteiger partial charge in [-0.15, -0.1) is 0 Å². The molecule has 0 atom stereocenters. The molecular formula is C7H4Cl2N2. The first-order valence-corrected chi connectivity index (χ1v) is 3.61. The van der Waals surface area contributed by atoms with Crippen LogP contribution in [0.4, 0.5) is 5.69 Å². The zero-order valence-corrected chi connectivity index (χ0v) is 7.24. The van der Waals surface area contributed by atoms with Gasteiger partial charge in [0.25, 0.3) is 0 Å². The van der Waals surface area contributed by atoms with Gasteiger partial charge in [0.2, 0.25) is 5.69 Å². The van der Waals surface area contributed by atoms with E-state index in [1.165, 1.54) is 0 Å². The van der Waals surface area contributed by atoms with Crippen LogP contribution in [0.3, 0.4) is 0 Å². The SMILES string of the molecule is [C-]#[N+]c1cc(C)c(Cl)nc1Cl. The van der Waals surface area contributed by atoms with Crippen molar-refractivity contribution < 1.29 is 0 Å². The van der Waals surface area contributed by atoms with Crippen LogP contribution in [-0.4, -0.2) is 4.98 Å². The van der Waals surface area contributed by atoms with Crippen LogP contribution in [0, 0.1) is 13.5 Å². The minimum Gasteiger partial charge on any atom is -0.236 e. The van der Waals surface area contributed by atoms with Crippen molar-refractivity contribution in [2.45, 2.75) is 6.92 Å². The molecular weight excluding hydrogens is 183 g/mol. The maximum absolute atomic E-state index is 6.71. The molecule has 0 saturated carbocycles. The fourth-order valence-corrected chi connectivity index (χ4v) is 0.998. The molecule has 0 unspecified atom stereocenters. The Labute approximate surface area is 74.6 Å². The van der Waals surface area contributed by atoms with Gasteiger partial charge in [-0.1, -0.05) is 23.2 Å². The van der Waals surface area contributed by atoms with Gasteiger partial charge in [0.05, 0.1) is 6.57 Å². The Hall–Kier alpha value is -0.780. The fraction of sp³-hybridized carbons (Fsp3) is 0.143. The number of aryl methyl sites for hydroxylation is 1. The lowest BCUT2D eigenvalue weighted by Crippen LogP contribution is -1.81. The minimum atomic E-state index is 0.163. The fourth-order valence-electron chi connectivity index (χ4n) is 0.634. The first-order valence-electron chi connectivity index (χ1n) is 2.85. The first kappa shape index (κ1) is 8.32. The molecule has 56 valence electrons. The zero-order chi connectivity index (χ0) is 8.43. The van der Waals surface area contributed by atoms with E-state index in [0.717, 1.165) is 5.56 Å². The van der Waals surface area contributed by atoms with E-state index in [9.17, 15) is 0 Å². The van der Waals surface area contributed by atoms with E-state index in [2.05, 4.69) is 9.83 Å². The third-order valence-corrected chi connectivity index (χ3v) is 1.87. The third kappa shape index (κ3) is 1.62. The Morgan fingerprint density at radius 2 is 2.09 bits per heavy atom. The standard InChI is InChI=1S/C7H4Cl2N2/c1-4-3-5(10-2)7(9)11-6(4)8/h3H,1H3. The molecule has 0 radical (unpaired) electrons. The monoisotopic (exact) mass is 186 g/mol. The average molecular weight is 187 g/mol. The average Bonchev–Trinajstić information content (AvgIpc) is 1.97. The van der Waals surface area contributed by atoms with Gasteiger partial charge in [-0.2, -0.15) is 0 Å². The van der Waals surface area contributed by atoms with Gasteiger partial charge in [0.15, 0.2) is 0 Å². The van der Waals surface area contributed by atoms with Gasteiger partial charge in [0, 0.05) is 0 Å².